The van der Waals surface area contributed by atoms with Gasteiger partial charge in [-0.3, -0.25) is 4.79 Å². The minimum absolute atomic E-state index is 0.101. The molecule has 5 nitrogen and oxygen atoms in total. The van der Waals surface area contributed by atoms with Gasteiger partial charge in [0.2, 0.25) is 5.91 Å². The van der Waals surface area contributed by atoms with Gasteiger partial charge in [-0.05, 0) is 30.2 Å². The van der Waals surface area contributed by atoms with E-state index >= 15 is 0 Å². The number of rotatable bonds is 5. The summed E-state index contributed by atoms with van der Waals surface area (Å²) < 4.78 is 5.29. The number of morpholine rings is 1. The van der Waals surface area contributed by atoms with E-state index in [1.54, 1.807) is 6.07 Å². The van der Waals surface area contributed by atoms with Gasteiger partial charge in [0, 0.05) is 31.0 Å². The number of nitrogens with zero attached hydrogens (tertiary/aromatic N) is 1. The van der Waals surface area contributed by atoms with Crippen molar-refractivity contribution in [3.63, 3.8) is 0 Å². The molecule has 0 radical (unpaired) electrons. The van der Waals surface area contributed by atoms with Crippen molar-refractivity contribution in [2.24, 2.45) is 0 Å². The van der Waals surface area contributed by atoms with E-state index in [-0.39, 0.29) is 23.3 Å². The van der Waals surface area contributed by atoms with E-state index in [1.165, 1.54) is 12.1 Å². The summed E-state index contributed by atoms with van der Waals surface area (Å²) in [6.07, 6.45) is 0.950. The molecule has 1 atom stereocenters. The number of benzene rings is 2. The number of phenols is 2. The molecule has 1 unspecified atom stereocenters. The molecule has 5 heteroatoms. The first-order valence-corrected chi connectivity index (χ1v) is 8.57. The predicted molar refractivity (Wildman–Crippen MR) is 94.7 cm³/mol. The normalized spacial score (nSPS) is 15.8. The predicted octanol–water partition coefficient (Wildman–Crippen LogP) is 2.87. The van der Waals surface area contributed by atoms with Crippen LogP contribution in [0.5, 0.6) is 11.5 Å². The van der Waals surface area contributed by atoms with Crippen LogP contribution in [0, 0.1) is 0 Å². The highest BCUT2D eigenvalue weighted by molar-refractivity contribution is 5.76. The van der Waals surface area contributed by atoms with Crippen molar-refractivity contribution in [1.82, 2.24) is 4.90 Å². The number of phenolic OH excluding ortho intramolecular Hbond substituents is 2. The highest BCUT2D eigenvalue weighted by Crippen LogP contribution is 2.36. The summed E-state index contributed by atoms with van der Waals surface area (Å²) in [6, 6.07) is 14.3. The number of hydrogen-bond donors (Lipinski definition) is 2. The van der Waals surface area contributed by atoms with Crippen molar-refractivity contribution >= 4 is 5.91 Å². The number of aromatic hydroxyl groups is 2. The third-order valence-corrected chi connectivity index (χ3v) is 4.60. The van der Waals surface area contributed by atoms with Gasteiger partial charge in [-0.15, -0.1) is 0 Å². The second-order valence-electron chi connectivity index (χ2n) is 6.24. The molecule has 25 heavy (non-hydrogen) atoms. The van der Waals surface area contributed by atoms with Gasteiger partial charge in [0.15, 0.2) is 0 Å². The molecule has 2 aromatic carbocycles. The second kappa shape index (κ2) is 8.03. The zero-order valence-electron chi connectivity index (χ0n) is 14.1. The number of amides is 1. The molecule has 3 rings (SSSR count). The molecule has 2 N–H and O–H groups in total. The van der Waals surface area contributed by atoms with Crippen LogP contribution in [0.3, 0.4) is 0 Å². The molecule has 0 aromatic heterocycles. The molecule has 1 heterocycles. The minimum atomic E-state index is -0.154. The van der Waals surface area contributed by atoms with Gasteiger partial charge in [-0.2, -0.15) is 0 Å². The van der Waals surface area contributed by atoms with Crippen molar-refractivity contribution in [3.05, 3.63) is 59.7 Å². The zero-order valence-corrected chi connectivity index (χ0v) is 14.1. The lowest BCUT2D eigenvalue weighted by molar-refractivity contribution is -0.135. The van der Waals surface area contributed by atoms with Crippen LogP contribution in [0.1, 0.15) is 29.9 Å². The largest absolute Gasteiger partial charge is 0.508 e. The maximum absolute atomic E-state index is 12.5. The molecule has 0 saturated carbocycles. The van der Waals surface area contributed by atoms with Crippen molar-refractivity contribution in [1.29, 1.82) is 0 Å². The lowest BCUT2D eigenvalue weighted by Gasteiger charge is -2.28. The van der Waals surface area contributed by atoms with Gasteiger partial charge in [-0.25, -0.2) is 0 Å². The van der Waals surface area contributed by atoms with E-state index in [4.69, 9.17) is 4.74 Å². The number of carbonyl (C=O) groups is 1. The monoisotopic (exact) mass is 341 g/mol. The van der Waals surface area contributed by atoms with Crippen LogP contribution in [0.15, 0.2) is 48.5 Å². The molecule has 1 fully saturated rings. The van der Waals surface area contributed by atoms with Gasteiger partial charge in [0.05, 0.1) is 13.2 Å². The Kier molecular flexibility index (Phi) is 5.56. The van der Waals surface area contributed by atoms with Gasteiger partial charge in [-0.1, -0.05) is 30.3 Å². The Morgan fingerprint density at radius 2 is 1.80 bits per heavy atom. The SMILES string of the molecule is O=C(CCC(c1ccccc1)c1cc(O)ccc1O)N1CCOCC1. The van der Waals surface area contributed by atoms with Crippen molar-refractivity contribution < 1.29 is 19.7 Å². The van der Waals surface area contributed by atoms with Gasteiger partial charge in [0.1, 0.15) is 11.5 Å². The van der Waals surface area contributed by atoms with Crippen molar-refractivity contribution in [2.75, 3.05) is 26.3 Å². The number of hydrogen-bond acceptors (Lipinski definition) is 4. The summed E-state index contributed by atoms with van der Waals surface area (Å²) >= 11 is 0. The molecule has 1 saturated heterocycles. The Morgan fingerprint density at radius 3 is 2.52 bits per heavy atom. The van der Waals surface area contributed by atoms with Crippen molar-refractivity contribution in [3.8, 4) is 11.5 Å². The van der Waals surface area contributed by atoms with Gasteiger partial charge >= 0.3 is 0 Å². The maximum Gasteiger partial charge on any atom is 0.222 e. The van der Waals surface area contributed by atoms with E-state index in [0.29, 0.717) is 44.7 Å². The molecule has 0 spiro atoms. The van der Waals surface area contributed by atoms with Crippen LogP contribution in [0.25, 0.3) is 0 Å². The Morgan fingerprint density at radius 1 is 1.08 bits per heavy atom. The number of ether oxygens (including phenoxy) is 1. The average Bonchev–Trinajstić information content (AvgIpc) is 2.66. The molecule has 132 valence electrons. The molecular weight excluding hydrogens is 318 g/mol. The third kappa shape index (κ3) is 4.31. The first-order chi connectivity index (χ1) is 12.1. The summed E-state index contributed by atoms with van der Waals surface area (Å²) in [6.45, 7) is 2.43. The standard InChI is InChI=1S/C20H23NO4/c22-16-6-8-19(23)18(14-16)17(15-4-2-1-3-5-15)7-9-20(24)21-10-12-25-13-11-21/h1-6,8,14,17,22-23H,7,9-13H2. The Hall–Kier alpha value is -2.53. The molecule has 1 aliphatic rings. The molecule has 1 aliphatic heterocycles. The fourth-order valence-corrected chi connectivity index (χ4v) is 3.25. The van der Waals surface area contributed by atoms with Gasteiger partial charge in [0.25, 0.3) is 0 Å². The maximum atomic E-state index is 12.5. The highest BCUT2D eigenvalue weighted by Gasteiger charge is 2.22. The van der Waals surface area contributed by atoms with E-state index in [0.717, 1.165) is 5.56 Å². The third-order valence-electron chi connectivity index (χ3n) is 4.60. The van der Waals surface area contributed by atoms with E-state index in [1.807, 2.05) is 35.2 Å². The van der Waals surface area contributed by atoms with Crippen LogP contribution in [-0.2, 0) is 9.53 Å². The Balaban J connectivity index is 1.80. The lowest BCUT2D eigenvalue weighted by Crippen LogP contribution is -2.40. The van der Waals surface area contributed by atoms with Crippen LogP contribution < -0.4 is 0 Å². The summed E-state index contributed by atoms with van der Waals surface area (Å²) in [5, 5.41) is 20.1. The summed E-state index contributed by atoms with van der Waals surface area (Å²) in [5.74, 6) is 0.181. The smallest absolute Gasteiger partial charge is 0.222 e. The first-order valence-electron chi connectivity index (χ1n) is 8.57. The fraction of sp³-hybridized carbons (Fsp3) is 0.350. The second-order valence-corrected chi connectivity index (χ2v) is 6.24. The molecule has 1 amide bonds. The van der Waals surface area contributed by atoms with Crippen molar-refractivity contribution in [2.45, 2.75) is 18.8 Å². The Bertz CT molecular complexity index is 711. The van der Waals surface area contributed by atoms with Crippen LogP contribution in [-0.4, -0.2) is 47.3 Å². The topological polar surface area (TPSA) is 70.0 Å². The minimum Gasteiger partial charge on any atom is -0.508 e. The molecule has 0 bridgehead atoms. The summed E-state index contributed by atoms with van der Waals surface area (Å²) in [5.41, 5.74) is 1.65. The zero-order chi connectivity index (χ0) is 17.6. The first kappa shape index (κ1) is 17.3. The molecule has 0 aliphatic carbocycles. The lowest BCUT2D eigenvalue weighted by atomic mass is 9.86. The fourth-order valence-electron chi connectivity index (χ4n) is 3.25. The van der Waals surface area contributed by atoms with Crippen LogP contribution in [0.2, 0.25) is 0 Å². The van der Waals surface area contributed by atoms with E-state index in [9.17, 15) is 15.0 Å². The van der Waals surface area contributed by atoms with Crippen LogP contribution >= 0.6 is 0 Å². The number of carbonyl (C=O) groups excluding carboxylic acids is 1. The Labute approximate surface area is 147 Å². The van der Waals surface area contributed by atoms with E-state index in [2.05, 4.69) is 0 Å². The summed E-state index contributed by atoms with van der Waals surface area (Å²) in [4.78, 5) is 14.3. The highest BCUT2D eigenvalue weighted by atomic mass is 16.5. The molecular formula is C20H23NO4. The summed E-state index contributed by atoms with van der Waals surface area (Å²) in [7, 11) is 0. The quantitative estimate of drug-likeness (QED) is 0.821. The van der Waals surface area contributed by atoms with Crippen LogP contribution in [0.4, 0.5) is 0 Å². The van der Waals surface area contributed by atoms with Gasteiger partial charge < -0.3 is 19.8 Å². The van der Waals surface area contributed by atoms with E-state index < -0.39 is 0 Å². The molecule has 2 aromatic rings. The average molecular weight is 341 g/mol.